The van der Waals surface area contributed by atoms with Crippen LogP contribution in [0.5, 0.6) is 5.88 Å². The number of hydrogen-bond donors (Lipinski definition) is 1. The molecule has 108 valence electrons. The van der Waals surface area contributed by atoms with Gasteiger partial charge in [0.2, 0.25) is 5.88 Å². The van der Waals surface area contributed by atoms with Gasteiger partial charge in [-0.25, -0.2) is 4.98 Å². The molecule has 4 heteroatoms. The minimum Gasteiger partial charge on any atom is -0.469 e. The Balaban J connectivity index is 1.90. The first-order chi connectivity index (χ1) is 10.1. The number of aryl methyl sites for hydroxylation is 2. The lowest BCUT2D eigenvalue weighted by Crippen LogP contribution is -2.16. The van der Waals surface area contributed by atoms with Crippen molar-refractivity contribution in [2.45, 2.75) is 32.3 Å². The molecule has 0 amide bonds. The Morgan fingerprint density at radius 3 is 2.95 bits per heavy atom. The molecule has 0 radical (unpaired) electrons. The molecule has 1 heterocycles. The molecule has 1 aromatic carbocycles. The molecular weight excluding hydrogens is 280 g/mol. The van der Waals surface area contributed by atoms with E-state index in [1.54, 1.807) is 0 Å². The second-order valence-corrected chi connectivity index (χ2v) is 5.84. The van der Waals surface area contributed by atoms with Gasteiger partial charge in [0.1, 0.15) is 11.1 Å². The van der Waals surface area contributed by atoms with Crippen LogP contribution in [0.1, 0.15) is 41.3 Å². The maximum atomic E-state index is 6.13. The van der Waals surface area contributed by atoms with Crippen molar-refractivity contribution in [3.05, 3.63) is 58.8 Å². The molecule has 3 rings (SSSR count). The van der Waals surface area contributed by atoms with Crippen LogP contribution in [-0.4, -0.2) is 9.97 Å². The zero-order chi connectivity index (χ0) is 14.8. The van der Waals surface area contributed by atoms with E-state index in [-0.39, 0.29) is 6.10 Å². The first-order valence-corrected chi connectivity index (χ1v) is 7.57. The third-order valence-electron chi connectivity index (χ3n) is 3.79. The molecule has 0 aliphatic heterocycles. The van der Waals surface area contributed by atoms with Crippen LogP contribution in [0.25, 0.3) is 0 Å². The predicted octanol–water partition coefficient (Wildman–Crippen LogP) is 3.48. The third-order valence-corrected chi connectivity index (χ3v) is 4.03. The summed E-state index contributed by atoms with van der Waals surface area (Å²) in [7, 11) is 0. The highest BCUT2D eigenvalue weighted by molar-refractivity contribution is 7.80. The largest absolute Gasteiger partial charge is 0.469 e. The van der Waals surface area contributed by atoms with Crippen LogP contribution in [-0.2, 0) is 6.42 Å². The zero-order valence-electron chi connectivity index (χ0n) is 12.0. The van der Waals surface area contributed by atoms with Crippen molar-refractivity contribution >= 4 is 17.2 Å². The van der Waals surface area contributed by atoms with Crippen molar-refractivity contribution in [2.24, 2.45) is 5.73 Å². The minimum absolute atomic E-state index is 0.0587. The third kappa shape index (κ3) is 3.05. The van der Waals surface area contributed by atoms with Gasteiger partial charge in [0.05, 0.1) is 0 Å². The van der Waals surface area contributed by atoms with Crippen molar-refractivity contribution in [1.82, 2.24) is 4.98 Å². The highest BCUT2D eigenvalue weighted by Crippen LogP contribution is 2.33. The normalized spacial score (nSPS) is 17.1. The molecule has 2 N–H and O–H groups in total. The lowest BCUT2D eigenvalue weighted by molar-refractivity contribution is 0.175. The SMILES string of the molecule is Cc1cc(C(N)=S)cc(OC2CCCc3ccccc32)n1. The maximum Gasteiger partial charge on any atom is 0.214 e. The van der Waals surface area contributed by atoms with Crippen molar-refractivity contribution in [3.8, 4) is 5.88 Å². The molecule has 0 saturated carbocycles. The molecule has 1 aromatic heterocycles. The van der Waals surface area contributed by atoms with Gasteiger partial charge >= 0.3 is 0 Å². The first-order valence-electron chi connectivity index (χ1n) is 7.16. The molecule has 0 spiro atoms. The molecule has 0 bridgehead atoms. The summed E-state index contributed by atoms with van der Waals surface area (Å²) in [6.45, 7) is 1.92. The predicted molar refractivity (Wildman–Crippen MR) is 87.6 cm³/mol. The van der Waals surface area contributed by atoms with E-state index < -0.39 is 0 Å². The Hall–Kier alpha value is -1.94. The quantitative estimate of drug-likeness (QED) is 0.881. The zero-order valence-corrected chi connectivity index (χ0v) is 12.8. The summed E-state index contributed by atoms with van der Waals surface area (Å²) in [5.74, 6) is 0.597. The van der Waals surface area contributed by atoms with Gasteiger partial charge < -0.3 is 10.5 Å². The standard InChI is InChI=1S/C17H18N2OS/c1-11-9-13(17(18)21)10-16(19-11)20-15-8-4-6-12-5-2-3-7-14(12)15/h2-3,5,7,9-10,15H,4,6,8H2,1H3,(H2,18,21). The number of aromatic nitrogens is 1. The van der Waals surface area contributed by atoms with Crippen LogP contribution in [0.4, 0.5) is 0 Å². The summed E-state index contributed by atoms with van der Waals surface area (Å²) in [5, 5.41) is 0. The Morgan fingerprint density at radius 1 is 1.33 bits per heavy atom. The van der Waals surface area contributed by atoms with Gasteiger partial charge in [-0.1, -0.05) is 36.5 Å². The molecule has 3 nitrogen and oxygen atoms in total. The van der Waals surface area contributed by atoms with Crippen molar-refractivity contribution in [1.29, 1.82) is 0 Å². The number of benzene rings is 1. The monoisotopic (exact) mass is 298 g/mol. The van der Waals surface area contributed by atoms with Gasteiger partial charge in [0.25, 0.3) is 0 Å². The highest BCUT2D eigenvalue weighted by atomic mass is 32.1. The Morgan fingerprint density at radius 2 is 2.14 bits per heavy atom. The van der Waals surface area contributed by atoms with Gasteiger partial charge in [0, 0.05) is 17.3 Å². The number of thiocarbonyl (C=S) groups is 1. The lowest BCUT2D eigenvalue weighted by Gasteiger charge is -2.26. The van der Waals surface area contributed by atoms with E-state index in [0.29, 0.717) is 10.9 Å². The van der Waals surface area contributed by atoms with Crippen molar-refractivity contribution < 1.29 is 4.74 Å². The van der Waals surface area contributed by atoms with Gasteiger partial charge in [0.15, 0.2) is 0 Å². The minimum atomic E-state index is 0.0587. The average Bonchev–Trinajstić information content (AvgIpc) is 2.47. The maximum absolute atomic E-state index is 6.13. The average molecular weight is 298 g/mol. The molecule has 0 fully saturated rings. The van der Waals surface area contributed by atoms with Gasteiger partial charge in [-0.2, -0.15) is 0 Å². The number of ether oxygens (including phenoxy) is 1. The van der Waals surface area contributed by atoms with E-state index in [1.165, 1.54) is 11.1 Å². The molecule has 1 unspecified atom stereocenters. The van der Waals surface area contributed by atoms with Crippen LogP contribution in [0.2, 0.25) is 0 Å². The van der Waals surface area contributed by atoms with E-state index in [4.69, 9.17) is 22.7 Å². The fourth-order valence-corrected chi connectivity index (χ4v) is 2.94. The van der Waals surface area contributed by atoms with Crippen LogP contribution >= 0.6 is 12.2 Å². The van der Waals surface area contributed by atoms with Crippen molar-refractivity contribution in [2.75, 3.05) is 0 Å². The molecule has 1 aliphatic carbocycles. The molecule has 21 heavy (non-hydrogen) atoms. The molecular formula is C17H18N2OS. The fourth-order valence-electron chi connectivity index (χ4n) is 2.82. The molecule has 1 aliphatic rings. The Labute approximate surface area is 130 Å². The van der Waals surface area contributed by atoms with Gasteiger partial charge in [-0.15, -0.1) is 0 Å². The summed E-state index contributed by atoms with van der Waals surface area (Å²) in [6, 6.07) is 12.2. The lowest BCUT2D eigenvalue weighted by atomic mass is 9.89. The number of hydrogen-bond acceptors (Lipinski definition) is 3. The summed E-state index contributed by atoms with van der Waals surface area (Å²) >= 11 is 5.04. The number of fused-ring (bicyclic) bond motifs is 1. The summed E-state index contributed by atoms with van der Waals surface area (Å²) < 4.78 is 6.13. The number of pyridine rings is 1. The second-order valence-electron chi connectivity index (χ2n) is 5.40. The molecule has 0 saturated heterocycles. The van der Waals surface area contributed by atoms with Crippen molar-refractivity contribution in [3.63, 3.8) is 0 Å². The summed E-state index contributed by atoms with van der Waals surface area (Å²) in [5.41, 5.74) is 10.0. The van der Waals surface area contributed by atoms with E-state index in [1.807, 2.05) is 19.1 Å². The highest BCUT2D eigenvalue weighted by Gasteiger charge is 2.22. The number of nitrogens with zero attached hydrogens (tertiary/aromatic N) is 1. The summed E-state index contributed by atoms with van der Waals surface area (Å²) in [6.07, 6.45) is 3.32. The first kappa shape index (κ1) is 14.0. The van der Waals surface area contributed by atoms with E-state index in [0.717, 1.165) is 30.5 Å². The Bertz CT molecular complexity index is 684. The summed E-state index contributed by atoms with van der Waals surface area (Å²) in [4.78, 5) is 4.82. The number of nitrogens with two attached hydrogens (primary N) is 1. The van der Waals surface area contributed by atoms with Gasteiger partial charge in [-0.05, 0) is 43.4 Å². The smallest absolute Gasteiger partial charge is 0.214 e. The van der Waals surface area contributed by atoms with E-state index >= 15 is 0 Å². The topological polar surface area (TPSA) is 48.1 Å². The van der Waals surface area contributed by atoms with Crippen LogP contribution in [0.15, 0.2) is 36.4 Å². The molecule has 2 aromatic rings. The Kier molecular flexibility index (Phi) is 3.88. The van der Waals surface area contributed by atoms with E-state index in [2.05, 4.69) is 29.2 Å². The van der Waals surface area contributed by atoms with E-state index in [9.17, 15) is 0 Å². The fraction of sp³-hybridized carbons (Fsp3) is 0.294. The van der Waals surface area contributed by atoms with Gasteiger partial charge in [-0.3, -0.25) is 0 Å². The van der Waals surface area contributed by atoms with Crippen LogP contribution < -0.4 is 10.5 Å². The number of rotatable bonds is 3. The van der Waals surface area contributed by atoms with Crippen LogP contribution in [0, 0.1) is 6.92 Å². The molecule has 1 atom stereocenters. The van der Waals surface area contributed by atoms with Crippen LogP contribution in [0.3, 0.4) is 0 Å². The second kappa shape index (κ2) is 5.82.